The molecular formula is C19H17FN6O. The number of aromatic nitrogens is 4. The first-order chi connectivity index (χ1) is 13.2. The van der Waals surface area contributed by atoms with E-state index < -0.39 is 5.82 Å². The highest BCUT2D eigenvalue weighted by atomic mass is 19.1. The van der Waals surface area contributed by atoms with Crippen LogP contribution in [0, 0.1) is 5.82 Å². The number of halogens is 1. The van der Waals surface area contributed by atoms with Crippen LogP contribution in [0.4, 0.5) is 15.9 Å². The highest BCUT2D eigenvalue weighted by Gasteiger charge is 2.33. The van der Waals surface area contributed by atoms with E-state index in [-0.39, 0.29) is 18.1 Å². The largest absolute Gasteiger partial charge is 0.357 e. The molecule has 0 aromatic carbocycles. The third-order valence-corrected chi connectivity index (χ3v) is 5.04. The SMILES string of the molecule is O=C1c2cn(-c3ccc(N4CCCC4)nc3)nc2CN1c1cnccc1F. The summed E-state index contributed by atoms with van der Waals surface area (Å²) in [6, 6.07) is 5.17. The Kier molecular flexibility index (Phi) is 3.63. The highest BCUT2D eigenvalue weighted by molar-refractivity contribution is 6.09. The van der Waals surface area contributed by atoms with Crippen molar-refractivity contribution in [2.45, 2.75) is 19.4 Å². The van der Waals surface area contributed by atoms with E-state index >= 15 is 0 Å². The predicted molar refractivity (Wildman–Crippen MR) is 97.5 cm³/mol. The zero-order valence-electron chi connectivity index (χ0n) is 14.5. The van der Waals surface area contributed by atoms with Gasteiger partial charge in [0.05, 0.1) is 41.6 Å². The lowest BCUT2D eigenvalue weighted by molar-refractivity contribution is 0.0995. The normalized spacial score (nSPS) is 16.3. The van der Waals surface area contributed by atoms with Gasteiger partial charge in [-0.15, -0.1) is 0 Å². The lowest BCUT2D eigenvalue weighted by Crippen LogP contribution is -2.25. The molecule has 0 N–H and O–H groups in total. The van der Waals surface area contributed by atoms with Crippen LogP contribution in [-0.2, 0) is 6.54 Å². The Labute approximate surface area is 155 Å². The molecule has 1 amide bonds. The molecule has 1 saturated heterocycles. The standard InChI is InChI=1S/C19H17FN6O/c20-15-5-6-21-10-17(15)25-12-16-14(19(25)27)11-26(23-16)13-3-4-18(22-9-13)24-7-1-2-8-24/h3-6,9-11H,1-2,7-8,12H2. The van der Waals surface area contributed by atoms with Crippen molar-refractivity contribution in [1.82, 2.24) is 19.7 Å². The molecule has 0 atom stereocenters. The highest BCUT2D eigenvalue weighted by Crippen LogP contribution is 2.29. The number of hydrogen-bond donors (Lipinski definition) is 0. The average Bonchev–Trinajstić information content (AvgIpc) is 3.41. The summed E-state index contributed by atoms with van der Waals surface area (Å²) in [5, 5.41) is 4.50. The molecule has 2 aliphatic heterocycles. The second-order valence-electron chi connectivity index (χ2n) is 6.72. The van der Waals surface area contributed by atoms with Crippen LogP contribution in [0.5, 0.6) is 0 Å². The summed E-state index contributed by atoms with van der Waals surface area (Å²) >= 11 is 0. The summed E-state index contributed by atoms with van der Waals surface area (Å²) in [5.41, 5.74) is 2.05. The monoisotopic (exact) mass is 364 g/mol. The van der Waals surface area contributed by atoms with Gasteiger partial charge in [0, 0.05) is 25.5 Å². The number of nitrogens with zero attached hydrogens (tertiary/aromatic N) is 6. The molecule has 5 heterocycles. The first kappa shape index (κ1) is 15.9. The van der Waals surface area contributed by atoms with Crippen molar-refractivity contribution < 1.29 is 9.18 Å². The van der Waals surface area contributed by atoms with Gasteiger partial charge in [0.25, 0.3) is 5.91 Å². The third-order valence-electron chi connectivity index (χ3n) is 5.04. The minimum atomic E-state index is -0.474. The fraction of sp³-hybridized carbons (Fsp3) is 0.263. The van der Waals surface area contributed by atoms with Crippen LogP contribution in [0.1, 0.15) is 28.9 Å². The summed E-state index contributed by atoms with van der Waals surface area (Å²) in [7, 11) is 0. The van der Waals surface area contributed by atoms with Crippen molar-refractivity contribution >= 4 is 17.4 Å². The van der Waals surface area contributed by atoms with Crippen molar-refractivity contribution in [2.75, 3.05) is 22.9 Å². The number of pyridine rings is 2. The summed E-state index contributed by atoms with van der Waals surface area (Å²) in [5.74, 6) is 0.216. The first-order valence-corrected chi connectivity index (χ1v) is 8.92. The number of amides is 1. The topological polar surface area (TPSA) is 67.2 Å². The molecule has 0 aliphatic carbocycles. The Morgan fingerprint density at radius 3 is 2.63 bits per heavy atom. The Bertz CT molecular complexity index is 1010. The van der Waals surface area contributed by atoms with Crippen molar-refractivity contribution in [1.29, 1.82) is 0 Å². The lowest BCUT2D eigenvalue weighted by atomic mass is 10.3. The van der Waals surface area contributed by atoms with Gasteiger partial charge in [-0.2, -0.15) is 5.10 Å². The molecular weight excluding hydrogens is 347 g/mol. The number of hydrogen-bond acceptors (Lipinski definition) is 5. The molecule has 1 fully saturated rings. The Balaban J connectivity index is 1.40. The molecule has 0 bridgehead atoms. The van der Waals surface area contributed by atoms with E-state index in [1.54, 1.807) is 17.1 Å². The summed E-state index contributed by atoms with van der Waals surface area (Å²) in [4.78, 5) is 24.7. The van der Waals surface area contributed by atoms with E-state index in [9.17, 15) is 9.18 Å². The van der Waals surface area contributed by atoms with Gasteiger partial charge in [0.2, 0.25) is 0 Å². The van der Waals surface area contributed by atoms with Crippen LogP contribution in [0.25, 0.3) is 5.69 Å². The van der Waals surface area contributed by atoms with Crippen LogP contribution in [0.3, 0.4) is 0 Å². The molecule has 5 rings (SSSR count). The van der Waals surface area contributed by atoms with E-state index in [4.69, 9.17) is 0 Å². The molecule has 2 aliphatic rings. The minimum Gasteiger partial charge on any atom is -0.357 e. The van der Waals surface area contributed by atoms with Crippen LogP contribution < -0.4 is 9.80 Å². The molecule has 7 nitrogen and oxygen atoms in total. The zero-order chi connectivity index (χ0) is 18.4. The van der Waals surface area contributed by atoms with Crippen LogP contribution in [0.2, 0.25) is 0 Å². The second-order valence-corrected chi connectivity index (χ2v) is 6.72. The summed E-state index contributed by atoms with van der Waals surface area (Å²) in [6.07, 6.45) is 8.56. The second kappa shape index (κ2) is 6.15. The van der Waals surface area contributed by atoms with Gasteiger partial charge in [-0.1, -0.05) is 0 Å². The maximum atomic E-state index is 14.0. The molecule has 0 radical (unpaired) electrons. The van der Waals surface area contributed by atoms with Crippen LogP contribution >= 0.6 is 0 Å². The van der Waals surface area contributed by atoms with Gasteiger partial charge >= 0.3 is 0 Å². The number of anilines is 2. The van der Waals surface area contributed by atoms with Crippen LogP contribution in [-0.4, -0.2) is 38.7 Å². The summed E-state index contributed by atoms with van der Waals surface area (Å²) < 4.78 is 15.6. The van der Waals surface area contributed by atoms with Crippen molar-refractivity contribution in [3.05, 3.63) is 60.1 Å². The van der Waals surface area contributed by atoms with Gasteiger partial charge in [-0.05, 0) is 31.0 Å². The minimum absolute atomic E-state index is 0.170. The van der Waals surface area contributed by atoms with Gasteiger partial charge < -0.3 is 4.90 Å². The van der Waals surface area contributed by atoms with Gasteiger partial charge in [0.15, 0.2) is 0 Å². The number of fused-ring (bicyclic) bond motifs is 1. The fourth-order valence-corrected chi connectivity index (χ4v) is 3.61. The first-order valence-electron chi connectivity index (χ1n) is 8.92. The van der Waals surface area contributed by atoms with Crippen LogP contribution in [0.15, 0.2) is 43.0 Å². The van der Waals surface area contributed by atoms with E-state index in [2.05, 4.69) is 20.0 Å². The fourth-order valence-electron chi connectivity index (χ4n) is 3.61. The Morgan fingerprint density at radius 2 is 1.93 bits per heavy atom. The molecule has 0 spiro atoms. The maximum Gasteiger partial charge on any atom is 0.262 e. The predicted octanol–water partition coefficient (Wildman–Crippen LogP) is 2.56. The van der Waals surface area contributed by atoms with E-state index in [1.807, 2.05) is 12.1 Å². The zero-order valence-corrected chi connectivity index (χ0v) is 14.5. The molecule has 27 heavy (non-hydrogen) atoms. The quantitative estimate of drug-likeness (QED) is 0.715. The number of carbonyl (C=O) groups excluding carboxylic acids is 1. The third kappa shape index (κ3) is 2.64. The summed E-state index contributed by atoms with van der Waals surface area (Å²) in [6.45, 7) is 2.30. The van der Waals surface area contributed by atoms with Crippen molar-refractivity contribution in [3.8, 4) is 5.69 Å². The van der Waals surface area contributed by atoms with Gasteiger partial charge in [-0.25, -0.2) is 14.1 Å². The average molecular weight is 364 g/mol. The molecule has 136 valence electrons. The van der Waals surface area contributed by atoms with E-state index in [1.165, 1.54) is 36.2 Å². The smallest absolute Gasteiger partial charge is 0.262 e. The van der Waals surface area contributed by atoms with Gasteiger partial charge in [0.1, 0.15) is 11.6 Å². The van der Waals surface area contributed by atoms with E-state index in [0.29, 0.717) is 11.3 Å². The van der Waals surface area contributed by atoms with E-state index in [0.717, 1.165) is 24.6 Å². The number of rotatable bonds is 3. The molecule has 0 saturated carbocycles. The van der Waals surface area contributed by atoms with Gasteiger partial charge in [-0.3, -0.25) is 14.7 Å². The lowest BCUT2D eigenvalue weighted by Gasteiger charge is -2.17. The Morgan fingerprint density at radius 1 is 1.07 bits per heavy atom. The Hall–Kier alpha value is -3.29. The van der Waals surface area contributed by atoms with Crippen molar-refractivity contribution in [2.24, 2.45) is 0 Å². The van der Waals surface area contributed by atoms with Crippen molar-refractivity contribution in [3.63, 3.8) is 0 Å². The number of carbonyl (C=O) groups is 1. The maximum absolute atomic E-state index is 14.0. The molecule has 3 aromatic rings. The molecule has 0 unspecified atom stereocenters. The molecule has 8 heteroatoms. The molecule has 3 aromatic heterocycles.